The molecule has 1 aromatic rings. The van der Waals surface area contributed by atoms with Gasteiger partial charge in [0.2, 0.25) is 5.91 Å². The Hall–Kier alpha value is -0.480. The maximum atomic E-state index is 11.1. The molecule has 0 radical (unpaired) electrons. The molecule has 0 aromatic heterocycles. The summed E-state index contributed by atoms with van der Waals surface area (Å²) in [5.41, 5.74) is 6.12. The minimum absolute atomic E-state index is 0. The third kappa shape index (κ3) is 5.59. The first-order chi connectivity index (χ1) is 7.65. The molecule has 0 heterocycles. The number of nitrogens with two attached hydrogens (primary N) is 1. The average Bonchev–Trinajstić information content (AvgIpc) is 2.23. The summed E-state index contributed by atoms with van der Waals surface area (Å²) in [7, 11) is 0. The van der Waals surface area contributed by atoms with Crippen molar-refractivity contribution in [1.82, 2.24) is 5.32 Å². The molecule has 0 aliphatic heterocycles. The van der Waals surface area contributed by atoms with Crippen molar-refractivity contribution >= 4 is 41.5 Å². The molecular formula is C11H15Cl3N2O. The standard InChI is InChI=1S/C11H14Cl2N2O.ClH/c12-9-2-1-3-10(13)8(9)5-7-15-11(16)4-6-14;/h1-3H,4-7,14H2,(H,15,16);1H. The predicted octanol–water partition coefficient (Wildman–Crippen LogP) is 2.42. The molecule has 6 heteroatoms. The number of nitrogens with one attached hydrogen (secondary N) is 1. The summed E-state index contributed by atoms with van der Waals surface area (Å²) in [6.45, 7) is 0.876. The molecule has 0 aliphatic carbocycles. The monoisotopic (exact) mass is 296 g/mol. The molecular weight excluding hydrogens is 282 g/mol. The van der Waals surface area contributed by atoms with Gasteiger partial charge in [0.25, 0.3) is 0 Å². The second-order valence-electron chi connectivity index (χ2n) is 3.34. The number of hydrogen-bond donors (Lipinski definition) is 2. The van der Waals surface area contributed by atoms with Crippen molar-refractivity contribution in [2.75, 3.05) is 13.1 Å². The first-order valence-corrected chi connectivity index (χ1v) is 5.80. The molecule has 0 unspecified atom stereocenters. The summed E-state index contributed by atoms with van der Waals surface area (Å²) in [5, 5.41) is 4.00. The van der Waals surface area contributed by atoms with Gasteiger partial charge >= 0.3 is 0 Å². The van der Waals surface area contributed by atoms with Crippen LogP contribution in [0.15, 0.2) is 18.2 Å². The molecule has 1 rings (SSSR count). The van der Waals surface area contributed by atoms with Crippen LogP contribution in [0.4, 0.5) is 0 Å². The van der Waals surface area contributed by atoms with Crippen molar-refractivity contribution in [3.63, 3.8) is 0 Å². The van der Waals surface area contributed by atoms with Gasteiger partial charge in [0.15, 0.2) is 0 Å². The molecule has 0 aliphatic rings. The van der Waals surface area contributed by atoms with Crippen molar-refractivity contribution in [1.29, 1.82) is 0 Å². The molecule has 0 spiro atoms. The van der Waals surface area contributed by atoms with Crippen LogP contribution in [0, 0.1) is 0 Å². The molecule has 0 fully saturated rings. The quantitative estimate of drug-likeness (QED) is 0.877. The van der Waals surface area contributed by atoms with Crippen LogP contribution in [0.5, 0.6) is 0 Å². The van der Waals surface area contributed by atoms with Gasteiger partial charge in [-0.05, 0) is 24.1 Å². The average molecular weight is 298 g/mol. The maximum Gasteiger partial charge on any atom is 0.221 e. The first-order valence-electron chi connectivity index (χ1n) is 5.05. The van der Waals surface area contributed by atoms with E-state index in [0.717, 1.165) is 5.56 Å². The Bertz CT molecular complexity index is 351. The largest absolute Gasteiger partial charge is 0.356 e. The predicted molar refractivity (Wildman–Crippen MR) is 74.1 cm³/mol. The Kier molecular flexibility index (Phi) is 8.35. The zero-order chi connectivity index (χ0) is 12.0. The van der Waals surface area contributed by atoms with E-state index in [1.54, 1.807) is 18.2 Å². The van der Waals surface area contributed by atoms with Crippen molar-refractivity contribution in [3.8, 4) is 0 Å². The molecule has 0 saturated carbocycles. The van der Waals surface area contributed by atoms with Crippen LogP contribution >= 0.6 is 35.6 Å². The summed E-state index contributed by atoms with van der Waals surface area (Å²) in [6, 6.07) is 5.36. The van der Waals surface area contributed by atoms with E-state index >= 15 is 0 Å². The van der Waals surface area contributed by atoms with Crippen LogP contribution < -0.4 is 11.1 Å². The van der Waals surface area contributed by atoms with E-state index in [1.807, 2.05) is 0 Å². The van der Waals surface area contributed by atoms with Crippen LogP contribution in [-0.4, -0.2) is 19.0 Å². The molecule has 17 heavy (non-hydrogen) atoms. The summed E-state index contributed by atoms with van der Waals surface area (Å²) < 4.78 is 0. The van der Waals surface area contributed by atoms with Crippen molar-refractivity contribution in [2.45, 2.75) is 12.8 Å². The highest BCUT2D eigenvalue weighted by molar-refractivity contribution is 6.35. The lowest BCUT2D eigenvalue weighted by Gasteiger charge is -2.07. The van der Waals surface area contributed by atoms with Gasteiger partial charge in [0.1, 0.15) is 0 Å². The number of halogens is 3. The van der Waals surface area contributed by atoms with E-state index in [2.05, 4.69) is 5.32 Å². The highest BCUT2D eigenvalue weighted by Crippen LogP contribution is 2.24. The SMILES string of the molecule is Cl.NCCC(=O)NCCc1c(Cl)cccc1Cl. The van der Waals surface area contributed by atoms with Crippen LogP contribution in [0.25, 0.3) is 0 Å². The fraction of sp³-hybridized carbons (Fsp3) is 0.364. The Morgan fingerprint density at radius 2 is 1.88 bits per heavy atom. The zero-order valence-corrected chi connectivity index (χ0v) is 11.5. The number of carbonyl (C=O) groups is 1. The van der Waals surface area contributed by atoms with Gasteiger partial charge in [-0.15, -0.1) is 12.4 Å². The fourth-order valence-corrected chi connectivity index (χ4v) is 1.90. The van der Waals surface area contributed by atoms with Gasteiger partial charge in [0, 0.05) is 29.6 Å². The van der Waals surface area contributed by atoms with Crippen LogP contribution in [0.1, 0.15) is 12.0 Å². The highest BCUT2D eigenvalue weighted by atomic mass is 35.5. The fourth-order valence-electron chi connectivity index (χ4n) is 1.32. The summed E-state index contributed by atoms with van der Waals surface area (Å²) in [6.07, 6.45) is 0.963. The Balaban J connectivity index is 0.00000256. The summed E-state index contributed by atoms with van der Waals surface area (Å²) in [4.78, 5) is 11.1. The minimum Gasteiger partial charge on any atom is -0.356 e. The van der Waals surface area contributed by atoms with Crippen molar-refractivity contribution in [3.05, 3.63) is 33.8 Å². The van der Waals surface area contributed by atoms with Crippen molar-refractivity contribution < 1.29 is 4.79 Å². The molecule has 0 atom stereocenters. The number of benzene rings is 1. The maximum absolute atomic E-state index is 11.1. The topological polar surface area (TPSA) is 55.1 Å². The van der Waals surface area contributed by atoms with Gasteiger partial charge in [-0.2, -0.15) is 0 Å². The van der Waals surface area contributed by atoms with E-state index in [0.29, 0.717) is 36.0 Å². The molecule has 0 saturated heterocycles. The molecule has 1 aromatic carbocycles. The second-order valence-corrected chi connectivity index (χ2v) is 4.15. The summed E-state index contributed by atoms with van der Waals surface area (Å²) >= 11 is 12.0. The lowest BCUT2D eigenvalue weighted by Crippen LogP contribution is -2.27. The number of carbonyl (C=O) groups excluding carboxylic acids is 1. The van der Waals surface area contributed by atoms with E-state index in [-0.39, 0.29) is 18.3 Å². The van der Waals surface area contributed by atoms with Gasteiger partial charge in [-0.25, -0.2) is 0 Å². The Labute approximate surface area is 117 Å². The third-order valence-electron chi connectivity index (χ3n) is 2.13. The van der Waals surface area contributed by atoms with Gasteiger partial charge in [-0.3, -0.25) is 4.79 Å². The third-order valence-corrected chi connectivity index (χ3v) is 2.84. The Morgan fingerprint density at radius 1 is 1.29 bits per heavy atom. The molecule has 3 N–H and O–H groups in total. The second kappa shape index (κ2) is 8.59. The molecule has 0 bridgehead atoms. The lowest BCUT2D eigenvalue weighted by molar-refractivity contribution is -0.120. The highest BCUT2D eigenvalue weighted by Gasteiger charge is 2.05. The van der Waals surface area contributed by atoms with E-state index in [9.17, 15) is 4.79 Å². The Morgan fingerprint density at radius 3 is 2.41 bits per heavy atom. The zero-order valence-electron chi connectivity index (χ0n) is 9.21. The molecule has 96 valence electrons. The van der Waals surface area contributed by atoms with Gasteiger partial charge in [-0.1, -0.05) is 29.3 Å². The smallest absolute Gasteiger partial charge is 0.221 e. The first kappa shape index (κ1) is 16.5. The molecule has 3 nitrogen and oxygen atoms in total. The minimum atomic E-state index is -0.0503. The van der Waals surface area contributed by atoms with E-state index in [1.165, 1.54) is 0 Å². The van der Waals surface area contributed by atoms with Gasteiger partial charge in [0.05, 0.1) is 0 Å². The van der Waals surface area contributed by atoms with Gasteiger partial charge < -0.3 is 11.1 Å². The van der Waals surface area contributed by atoms with Crippen LogP contribution in [0.2, 0.25) is 10.0 Å². The molecule has 1 amide bonds. The van der Waals surface area contributed by atoms with Crippen LogP contribution in [0.3, 0.4) is 0 Å². The van der Waals surface area contributed by atoms with Crippen molar-refractivity contribution in [2.24, 2.45) is 5.73 Å². The normalized spacial score (nSPS) is 9.59. The van der Waals surface area contributed by atoms with E-state index in [4.69, 9.17) is 28.9 Å². The van der Waals surface area contributed by atoms with E-state index < -0.39 is 0 Å². The number of hydrogen-bond acceptors (Lipinski definition) is 2. The van der Waals surface area contributed by atoms with Crippen LogP contribution in [-0.2, 0) is 11.2 Å². The summed E-state index contributed by atoms with van der Waals surface area (Å²) in [5.74, 6) is -0.0503. The lowest BCUT2D eigenvalue weighted by atomic mass is 10.1. The number of rotatable bonds is 5. The number of amides is 1.